The quantitative estimate of drug-likeness (QED) is 0.552. The first kappa shape index (κ1) is 26.2. The number of nitrogens with one attached hydrogen (secondary N) is 1. The van der Waals surface area contributed by atoms with Gasteiger partial charge in [-0.15, -0.1) is 0 Å². The third-order valence-corrected chi connectivity index (χ3v) is 7.21. The van der Waals surface area contributed by atoms with Crippen molar-refractivity contribution in [1.29, 1.82) is 0 Å². The van der Waals surface area contributed by atoms with Crippen LogP contribution in [0.5, 0.6) is 0 Å². The standard InChI is InChI=1S/C24H30F6N2O3/c25-23(26,27)19-7-17(8-20(9-19)24(28,29)30)12-32(11-16-1-5-34-6-2-16)21(33)22(3-4-31-15-22)10-18-13-35-14-18/h7-9,16,18,31H,1-6,10-15H2. The van der Waals surface area contributed by atoms with Gasteiger partial charge in [0.05, 0.1) is 29.8 Å². The number of amides is 1. The van der Waals surface area contributed by atoms with Crippen LogP contribution in [0.2, 0.25) is 0 Å². The third kappa shape index (κ3) is 6.29. The smallest absolute Gasteiger partial charge is 0.381 e. The molecular formula is C24H30F6N2O3. The molecule has 1 aromatic carbocycles. The molecule has 4 rings (SSSR count). The highest BCUT2D eigenvalue weighted by Gasteiger charge is 2.46. The Morgan fingerprint density at radius 2 is 1.60 bits per heavy atom. The van der Waals surface area contributed by atoms with Crippen molar-refractivity contribution in [2.24, 2.45) is 17.3 Å². The fourth-order valence-electron chi connectivity index (χ4n) is 5.27. The van der Waals surface area contributed by atoms with Gasteiger partial charge in [-0.1, -0.05) is 0 Å². The second-order valence-electron chi connectivity index (χ2n) is 9.97. The van der Waals surface area contributed by atoms with Crippen LogP contribution in [-0.2, 0) is 33.2 Å². The summed E-state index contributed by atoms with van der Waals surface area (Å²) in [5.74, 6) is 0.0695. The maximum Gasteiger partial charge on any atom is 0.416 e. The summed E-state index contributed by atoms with van der Waals surface area (Å²) in [7, 11) is 0. The fourth-order valence-corrected chi connectivity index (χ4v) is 5.27. The van der Waals surface area contributed by atoms with E-state index in [1.165, 1.54) is 4.90 Å². The lowest BCUT2D eigenvalue weighted by Crippen LogP contribution is -2.49. The monoisotopic (exact) mass is 508 g/mol. The third-order valence-electron chi connectivity index (χ3n) is 7.21. The molecule has 1 unspecified atom stereocenters. The van der Waals surface area contributed by atoms with Gasteiger partial charge in [0.25, 0.3) is 0 Å². The van der Waals surface area contributed by atoms with Gasteiger partial charge in [-0.3, -0.25) is 4.79 Å². The molecule has 1 N–H and O–H groups in total. The van der Waals surface area contributed by atoms with Gasteiger partial charge in [0, 0.05) is 38.8 Å². The number of ether oxygens (including phenoxy) is 2. The number of carbonyl (C=O) groups excluding carboxylic acids is 1. The van der Waals surface area contributed by atoms with Crippen molar-refractivity contribution in [3.05, 3.63) is 34.9 Å². The Morgan fingerprint density at radius 1 is 0.971 bits per heavy atom. The molecule has 3 saturated heterocycles. The molecule has 0 bridgehead atoms. The molecule has 0 spiro atoms. The van der Waals surface area contributed by atoms with E-state index < -0.39 is 28.9 Å². The number of carbonyl (C=O) groups is 1. The Labute approximate surface area is 200 Å². The summed E-state index contributed by atoms with van der Waals surface area (Å²) >= 11 is 0. The fraction of sp³-hybridized carbons (Fsp3) is 0.708. The lowest BCUT2D eigenvalue weighted by molar-refractivity contribution is -0.147. The van der Waals surface area contributed by atoms with Gasteiger partial charge in [0.15, 0.2) is 0 Å². The van der Waals surface area contributed by atoms with Crippen molar-refractivity contribution >= 4 is 5.91 Å². The van der Waals surface area contributed by atoms with Crippen molar-refractivity contribution in [1.82, 2.24) is 10.2 Å². The van der Waals surface area contributed by atoms with E-state index >= 15 is 0 Å². The van der Waals surface area contributed by atoms with Crippen LogP contribution < -0.4 is 5.32 Å². The van der Waals surface area contributed by atoms with Gasteiger partial charge < -0.3 is 19.7 Å². The molecule has 1 amide bonds. The maximum absolute atomic E-state index is 14.0. The van der Waals surface area contributed by atoms with Crippen LogP contribution in [0.1, 0.15) is 42.4 Å². The van der Waals surface area contributed by atoms with Crippen molar-refractivity contribution in [2.45, 2.75) is 44.6 Å². The van der Waals surface area contributed by atoms with Gasteiger partial charge in [0.1, 0.15) is 0 Å². The van der Waals surface area contributed by atoms with Gasteiger partial charge in [-0.2, -0.15) is 26.3 Å². The van der Waals surface area contributed by atoms with E-state index in [1.807, 2.05) is 0 Å². The summed E-state index contributed by atoms with van der Waals surface area (Å²) in [6, 6.07) is 1.56. The Kier molecular flexibility index (Phi) is 7.68. The predicted molar refractivity (Wildman–Crippen MR) is 114 cm³/mol. The number of halogens is 6. The highest BCUT2D eigenvalue weighted by molar-refractivity contribution is 5.83. The predicted octanol–water partition coefficient (Wildman–Crippen LogP) is 4.50. The zero-order valence-electron chi connectivity index (χ0n) is 19.3. The molecule has 1 atom stereocenters. The topological polar surface area (TPSA) is 50.8 Å². The van der Waals surface area contributed by atoms with Gasteiger partial charge in [-0.05, 0) is 61.9 Å². The zero-order valence-corrected chi connectivity index (χ0v) is 19.3. The lowest BCUT2D eigenvalue weighted by Gasteiger charge is -2.40. The number of alkyl halides is 6. The van der Waals surface area contributed by atoms with E-state index in [-0.39, 0.29) is 42.5 Å². The number of nitrogens with zero attached hydrogens (tertiary/aromatic N) is 1. The molecule has 11 heteroatoms. The maximum atomic E-state index is 14.0. The highest BCUT2D eigenvalue weighted by Crippen LogP contribution is 2.40. The first-order chi connectivity index (χ1) is 16.5. The van der Waals surface area contributed by atoms with Crippen molar-refractivity contribution < 1.29 is 40.6 Å². The molecule has 0 aliphatic carbocycles. The first-order valence-electron chi connectivity index (χ1n) is 11.9. The molecule has 3 fully saturated rings. The van der Waals surface area contributed by atoms with E-state index in [1.54, 1.807) is 0 Å². The summed E-state index contributed by atoms with van der Waals surface area (Å²) < 4.78 is 91.2. The van der Waals surface area contributed by atoms with E-state index in [0.717, 1.165) is 12.1 Å². The number of rotatable bonds is 7. The molecule has 3 aliphatic heterocycles. The summed E-state index contributed by atoms with van der Waals surface area (Å²) in [5.41, 5.74) is -3.66. The average molecular weight is 509 g/mol. The van der Waals surface area contributed by atoms with Crippen LogP contribution in [0.3, 0.4) is 0 Å². The summed E-state index contributed by atoms with van der Waals surface area (Å²) in [5, 5.41) is 3.22. The highest BCUT2D eigenvalue weighted by atomic mass is 19.4. The SMILES string of the molecule is O=C(N(Cc1cc(C(F)(F)F)cc(C(F)(F)F)c1)CC1CCOCC1)C1(CC2COC2)CCNC1. The summed E-state index contributed by atoms with van der Waals surface area (Å²) in [6.07, 6.45) is -7.36. The Bertz CT molecular complexity index is 856. The average Bonchev–Trinajstić information content (AvgIpc) is 3.25. The minimum atomic E-state index is -4.94. The van der Waals surface area contributed by atoms with Gasteiger partial charge in [-0.25, -0.2) is 0 Å². The molecular weight excluding hydrogens is 478 g/mol. The van der Waals surface area contributed by atoms with Crippen LogP contribution in [0, 0.1) is 17.3 Å². The molecule has 1 aromatic rings. The lowest BCUT2D eigenvalue weighted by atomic mass is 9.76. The van der Waals surface area contributed by atoms with E-state index in [4.69, 9.17) is 9.47 Å². The first-order valence-corrected chi connectivity index (χ1v) is 11.9. The molecule has 0 radical (unpaired) electrons. The largest absolute Gasteiger partial charge is 0.416 e. The van der Waals surface area contributed by atoms with Crippen LogP contribution in [0.25, 0.3) is 0 Å². The number of benzene rings is 1. The van der Waals surface area contributed by atoms with E-state index in [2.05, 4.69) is 5.32 Å². The van der Waals surface area contributed by atoms with Gasteiger partial charge in [0.2, 0.25) is 5.91 Å². The van der Waals surface area contributed by atoms with Crippen molar-refractivity contribution in [3.63, 3.8) is 0 Å². The van der Waals surface area contributed by atoms with Gasteiger partial charge >= 0.3 is 12.4 Å². The Balaban J connectivity index is 1.65. The Morgan fingerprint density at radius 3 is 2.09 bits per heavy atom. The molecule has 196 valence electrons. The summed E-state index contributed by atoms with van der Waals surface area (Å²) in [4.78, 5) is 15.4. The summed E-state index contributed by atoms with van der Waals surface area (Å²) in [6.45, 7) is 3.15. The molecule has 3 heterocycles. The zero-order chi connectivity index (χ0) is 25.3. The van der Waals surface area contributed by atoms with Crippen LogP contribution in [-0.4, -0.2) is 56.9 Å². The number of hydrogen-bond acceptors (Lipinski definition) is 4. The molecule has 0 aromatic heterocycles. The van der Waals surface area contributed by atoms with Crippen molar-refractivity contribution in [3.8, 4) is 0 Å². The molecule has 5 nitrogen and oxygen atoms in total. The van der Waals surface area contributed by atoms with E-state index in [9.17, 15) is 31.1 Å². The second-order valence-corrected chi connectivity index (χ2v) is 9.97. The van der Waals surface area contributed by atoms with Crippen LogP contribution in [0.15, 0.2) is 18.2 Å². The normalized spacial score (nSPS) is 24.4. The number of hydrogen-bond donors (Lipinski definition) is 1. The molecule has 3 aliphatic rings. The Hall–Kier alpha value is -1.85. The van der Waals surface area contributed by atoms with Crippen LogP contribution >= 0.6 is 0 Å². The molecule has 35 heavy (non-hydrogen) atoms. The minimum Gasteiger partial charge on any atom is -0.381 e. The minimum absolute atomic E-state index is 0.0685. The second kappa shape index (κ2) is 10.3. The van der Waals surface area contributed by atoms with Crippen molar-refractivity contribution in [2.75, 3.05) is 46.1 Å². The van der Waals surface area contributed by atoms with E-state index in [0.29, 0.717) is 65.2 Å². The molecule has 0 saturated carbocycles. The van der Waals surface area contributed by atoms with Crippen LogP contribution in [0.4, 0.5) is 26.3 Å².